The van der Waals surface area contributed by atoms with Gasteiger partial charge >= 0.3 is 0 Å². The summed E-state index contributed by atoms with van der Waals surface area (Å²) in [5, 5.41) is 6.52. The van der Waals surface area contributed by atoms with Crippen molar-refractivity contribution in [1.82, 2.24) is 15.3 Å². The maximum absolute atomic E-state index is 4.66. The molecule has 0 fully saturated rings. The van der Waals surface area contributed by atoms with Crippen LogP contribution in [0.4, 0.5) is 5.95 Å². The molecule has 2 aliphatic heterocycles. The number of allylic oxidation sites excluding steroid dienone is 6. The van der Waals surface area contributed by atoms with E-state index in [9.17, 15) is 0 Å². The molecule has 0 aliphatic carbocycles. The van der Waals surface area contributed by atoms with Crippen LogP contribution in [0.25, 0.3) is 5.57 Å². The molecule has 0 spiro atoms. The van der Waals surface area contributed by atoms with E-state index in [2.05, 4.69) is 57.3 Å². The minimum absolute atomic E-state index is 0.0857. The molecule has 0 bridgehead atoms. The van der Waals surface area contributed by atoms with Gasteiger partial charge in [-0.1, -0.05) is 43.4 Å². The summed E-state index contributed by atoms with van der Waals surface area (Å²) in [4.78, 5) is 13.3. The number of aromatic nitrogens is 2. The van der Waals surface area contributed by atoms with E-state index < -0.39 is 0 Å². The van der Waals surface area contributed by atoms with E-state index in [1.807, 2.05) is 43.8 Å². The normalized spacial score (nSPS) is 22.1. The molecule has 3 rings (SSSR count). The highest BCUT2D eigenvalue weighted by atomic mass is 15.1. The van der Waals surface area contributed by atoms with Crippen LogP contribution in [0.1, 0.15) is 32.4 Å². The van der Waals surface area contributed by atoms with Crippen LogP contribution in [0.2, 0.25) is 0 Å². The zero-order valence-corrected chi connectivity index (χ0v) is 15.8. The molecule has 2 N–H and O–H groups in total. The predicted molar refractivity (Wildman–Crippen MR) is 113 cm³/mol. The van der Waals surface area contributed by atoms with E-state index in [1.165, 1.54) is 11.1 Å². The van der Waals surface area contributed by atoms with Gasteiger partial charge in [-0.2, -0.15) is 0 Å². The lowest BCUT2D eigenvalue weighted by molar-refractivity contribution is 0.898. The Morgan fingerprint density at radius 2 is 2.30 bits per heavy atom. The topological polar surface area (TPSA) is 62.2 Å². The number of rotatable bonds is 6. The van der Waals surface area contributed by atoms with Crippen molar-refractivity contribution in [3.63, 3.8) is 0 Å². The number of aliphatic imine (C=N–C) groups is 1. The van der Waals surface area contributed by atoms with Gasteiger partial charge in [-0.3, -0.25) is 4.99 Å². The van der Waals surface area contributed by atoms with E-state index in [0.29, 0.717) is 5.95 Å². The van der Waals surface area contributed by atoms with Crippen LogP contribution in [0.15, 0.2) is 83.5 Å². The monoisotopic (exact) mass is 359 g/mol. The molecular formula is C22H25N5. The molecule has 1 unspecified atom stereocenters. The minimum atomic E-state index is 0.0857. The Bertz CT molecular complexity index is 884. The minimum Gasteiger partial charge on any atom is -0.379 e. The fourth-order valence-electron chi connectivity index (χ4n) is 2.93. The van der Waals surface area contributed by atoms with Gasteiger partial charge in [0.25, 0.3) is 0 Å². The SMILES string of the molecule is C=C(/C=C\C(=C/C)CC)Nc1nccc(C2=CNC3C=N/C=C\C/C=C/23)n1. The average Bonchev–Trinajstić information content (AvgIpc) is 3.04. The van der Waals surface area contributed by atoms with E-state index in [1.54, 1.807) is 6.20 Å². The molecule has 0 saturated carbocycles. The van der Waals surface area contributed by atoms with Crippen LogP contribution < -0.4 is 10.6 Å². The Hall–Kier alpha value is -3.21. The average molecular weight is 359 g/mol. The predicted octanol–water partition coefficient (Wildman–Crippen LogP) is 4.54. The zero-order chi connectivity index (χ0) is 19.1. The van der Waals surface area contributed by atoms with Gasteiger partial charge in [0.1, 0.15) is 0 Å². The molecule has 1 atom stereocenters. The number of hydrogen-bond donors (Lipinski definition) is 2. The number of fused-ring (bicyclic) bond motifs is 1. The van der Waals surface area contributed by atoms with E-state index in [-0.39, 0.29) is 6.04 Å². The molecular weight excluding hydrogens is 334 g/mol. The largest absolute Gasteiger partial charge is 0.379 e. The first-order valence-corrected chi connectivity index (χ1v) is 9.18. The first kappa shape index (κ1) is 18.6. The summed E-state index contributed by atoms with van der Waals surface area (Å²) in [5.41, 5.74) is 5.13. The van der Waals surface area contributed by atoms with Crippen molar-refractivity contribution >= 4 is 17.7 Å². The Morgan fingerprint density at radius 3 is 3.11 bits per heavy atom. The summed E-state index contributed by atoms with van der Waals surface area (Å²) in [6.45, 7) is 8.20. The Morgan fingerprint density at radius 1 is 1.41 bits per heavy atom. The van der Waals surface area contributed by atoms with E-state index in [4.69, 9.17) is 0 Å². The summed E-state index contributed by atoms with van der Waals surface area (Å²) in [6, 6.07) is 2.00. The highest BCUT2D eigenvalue weighted by Gasteiger charge is 2.23. The number of nitrogens with zero attached hydrogens (tertiary/aromatic N) is 3. The lowest BCUT2D eigenvalue weighted by Gasteiger charge is -2.12. The number of nitrogens with one attached hydrogen (secondary N) is 2. The maximum Gasteiger partial charge on any atom is 0.227 e. The van der Waals surface area contributed by atoms with Gasteiger partial charge in [-0.05, 0) is 37.5 Å². The van der Waals surface area contributed by atoms with E-state index in [0.717, 1.165) is 29.8 Å². The molecule has 0 radical (unpaired) electrons. The molecule has 27 heavy (non-hydrogen) atoms. The Kier molecular flexibility index (Phi) is 6.15. The summed E-state index contributed by atoms with van der Waals surface area (Å²) >= 11 is 0. The van der Waals surface area contributed by atoms with Gasteiger partial charge in [-0.15, -0.1) is 0 Å². The third-order valence-corrected chi connectivity index (χ3v) is 4.44. The molecule has 0 amide bonds. The summed E-state index contributed by atoms with van der Waals surface area (Å²) in [7, 11) is 0. The second kappa shape index (κ2) is 8.94. The summed E-state index contributed by atoms with van der Waals surface area (Å²) in [6.07, 6.45) is 19.7. The molecule has 2 aliphatic rings. The van der Waals surface area contributed by atoms with Crippen molar-refractivity contribution in [3.05, 3.63) is 84.2 Å². The van der Waals surface area contributed by atoms with E-state index >= 15 is 0 Å². The summed E-state index contributed by atoms with van der Waals surface area (Å²) < 4.78 is 0. The van der Waals surface area contributed by atoms with Crippen molar-refractivity contribution in [2.45, 2.75) is 32.7 Å². The lowest BCUT2D eigenvalue weighted by atomic mass is 9.99. The Labute approximate surface area is 160 Å². The number of anilines is 1. The third-order valence-electron chi connectivity index (χ3n) is 4.44. The Balaban J connectivity index is 1.75. The van der Waals surface area contributed by atoms with Gasteiger partial charge in [0.2, 0.25) is 5.95 Å². The van der Waals surface area contributed by atoms with Crippen LogP contribution in [-0.4, -0.2) is 22.2 Å². The standard InChI is InChI=1S/C22H25N5/c1-4-17(5-2)10-9-16(3)26-22-24-13-11-20(27-22)19-14-25-21-15-23-12-7-6-8-18(19)21/h4,7-15,21,25H,3,5-6H2,1-2H3,(H,24,26,27)/b10-9-,12-7-,17-4-,18-8-,23-15?. The van der Waals surface area contributed by atoms with Crippen molar-refractivity contribution in [1.29, 1.82) is 0 Å². The van der Waals surface area contributed by atoms with Crippen LogP contribution in [0, 0.1) is 0 Å². The van der Waals surface area contributed by atoms with Crippen LogP contribution in [0.5, 0.6) is 0 Å². The van der Waals surface area contributed by atoms with Gasteiger partial charge < -0.3 is 10.6 Å². The van der Waals surface area contributed by atoms with Crippen LogP contribution >= 0.6 is 0 Å². The summed E-state index contributed by atoms with van der Waals surface area (Å²) in [5.74, 6) is 0.532. The molecule has 0 saturated heterocycles. The quantitative estimate of drug-likeness (QED) is 0.732. The maximum atomic E-state index is 4.66. The first-order chi connectivity index (χ1) is 13.2. The fraction of sp³-hybridized carbons (Fsp3) is 0.227. The fourth-order valence-corrected chi connectivity index (χ4v) is 2.93. The van der Waals surface area contributed by atoms with Gasteiger partial charge in [0, 0.05) is 36.1 Å². The highest BCUT2D eigenvalue weighted by molar-refractivity contribution is 5.89. The van der Waals surface area contributed by atoms with Crippen molar-refractivity contribution in [3.8, 4) is 0 Å². The van der Waals surface area contributed by atoms with Crippen LogP contribution in [-0.2, 0) is 0 Å². The smallest absolute Gasteiger partial charge is 0.227 e. The lowest BCUT2D eigenvalue weighted by Crippen LogP contribution is -2.23. The second-order valence-electron chi connectivity index (χ2n) is 6.25. The molecule has 0 aromatic carbocycles. The third kappa shape index (κ3) is 4.70. The van der Waals surface area contributed by atoms with Crippen molar-refractivity contribution in [2.24, 2.45) is 4.99 Å². The molecule has 1 aromatic rings. The number of hydrogen-bond acceptors (Lipinski definition) is 5. The molecule has 3 heterocycles. The second-order valence-corrected chi connectivity index (χ2v) is 6.25. The highest BCUT2D eigenvalue weighted by Crippen LogP contribution is 2.29. The molecule has 138 valence electrons. The van der Waals surface area contributed by atoms with Gasteiger partial charge in [0.05, 0.1) is 11.7 Å². The zero-order valence-electron chi connectivity index (χ0n) is 15.8. The van der Waals surface area contributed by atoms with Crippen molar-refractivity contribution in [2.75, 3.05) is 5.32 Å². The van der Waals surface area contributed by atoms with Gasteiger partial charge in [-0.25, -0.2) is 9.97 Å². The molecule has 5 nitrogen and oxygen atoms in total. The first-order valence-electron chi connectivity index (χ1n) is 9.18. The van der Waals surface area contributed by atoms with Crippen LogP contribution in [0.3, 0.4) is 0 Å². The molecule has 5 heteroatoms. The van der Waals surface area contributed by atoms with Crippen molar-refractivity contribution < 1.29 is 0 Å². The molecule has 1 aromatic heterocycles. The van der Waals surface area contributed by atoms with Gasteiger partial charge in [0.15, 0.2) is 0 Å².